The van der Waals surface area contributed by atoms with E-state index in [1.165, 1.54) is 6.92 Å². The van der Waals surface area contributed by atoms with Crippen molar-refractivity contribution in [3.8, 4) is 0 Å². The molecular formula is C19H29NO10. The van der Waals surface area contributed by atoms with Crippen LogP contribution in [0.1, 0.15) is 53.9 Å². The van der Waals surface area contributed by atoms with Crippen molar-refractivity contribution in [2.45, 2.75) is 84.5 Å². The van der Waals surface area contributed by atoms with Gasteiger partial charge < -0.3 is 29.0 Å². The molecule has 11 heteroatoms. The fourth-order valence-electron chi connectivity index (χ4n) is 2.92. The fraction of sp³-hybridized carbons (Fsp3) is 0.737. The van der Waals surface area contributed by atoms with Gasteiger partial charge in [-0.2, -0.15) is 0 Å². The number of nitrogens with one attached hydrogen (secondary N) is 1. The van der Waals surface area contributed by atoms with Crippen LogP contribution in [0, 0.1) is 0 Å². The van der Waals surface area contributed by atoms with Gasteiger partial charge in [0.25, 0.3) is 0 Å². The Kier molecular flexibility index (Phi) is 10.2. The lowest BCUT2D eigenvalue weighted by atomic mass is 9.95. The van der Waals surface area contributed by atoms with Crippen molar-refractivity contribution in [2.75, 3.05) is 6.61 Å². The van der Waals surface area contributed by atoms with Gasteiger partial charge >= 0.3 is 23.9 Å². The summed E-state index contributed by atoms with van der Waals surface area (Å²) in [5.74, 6) is -3.16. The van der Waals surface area contributed by atoms with Crippen molar-refractivity contribution >= 4 is 29.8 Å². The quantitative estimate of drug-likeness (QED) is 0.402. The molecule has 0 spiro atoms. The number of carbonyl (C=O) groups is 5. The summed E-state index contributed by atoms with van der Waals surface area (Å²) in [5.41, 5.74) is 0. The van der Waals surface area contributed by atoms with Crippen LogP contribution in [-0.4, -0.2) is 67.0 Å². The molecular weight excluding hydrogens is 402 g/mol. The summed E-state index contributed by atoms with van der Waals surface area (Å²) >= 11 is 0. The Morgan fingerprint density at radius 1 is 0.833 bits per heavy atom. The second-order valence-electron chi connectivity index (χ2n) is 6.80. The van der Waals surface area contributed by atoms with Crippen LogP contribution < -0.4 is 5.32 Å². The van der Waals surface area contributed by atoms with E-state index in [1.54, 1.807) is 0 Å². The van der Waals surface area contributed by atoms with E-state index in [4.69, 9.17) is 23.7 Å². The number of ether oxygens (including phenoxy) is 5. The van der Waals surface area contributed by atoms with Crippen molar-refractivity contribution in [1.29, 1.82) is 0 Å². The van der Waals surface area contributed by atoms with E-state index < -0.39 is 54.5 Å². The molecule has 1 saturated heterocycles. The third kappa shape index (κ3) is 8.36. The van der Waals surface area contributed by atoms with Crippen LogP contribution >= 0.6 is 0 Å². The molecule has 5 atom stereocenters. The minimum atomic E-state index is -1.37. The average molecular weight is 431 g/mol. The Morgan fingerprint density at radius 3 is 1.90 bits per heavy atom. The Hall–Kier alpha value is -2.69. The highest BCUT2D eigenvalue weighted by atomic mass is 16.7. The molecule has 0 aromatic heterocycles. The predicted octanol–water partition coefficient (Wildman–Crippen LogP) is 0.376. The highest BCUT2D eigenvalue weighted by Gasteiger charge is 2.52. The zero-order valence-corrected chi connectivity index (χ0v) is 17.8. The van der Waals surface area contributed by atoms with E-state index in [-0.39, 0.29) is 18.9 Å². The molecule has 0 aromatic rings. The molecule has 0 radical (unpaired) electrons. The molecule has 1 rings (SSSR count). The molecule has 1 unspecified atom stereocenters. The summed E-state index contributed by atoms with van der Waals surface area (Å²) in [5, 5.41) is 2.64. The summed E-state index contributed by atoms with van der Waals surface area (Å²) in [7, 11) is 0. The largest absolute Gasteiger partial charge is 0.463 e. The number of unbranched alkanes of at least 4 members (excludes halogenated alkanes) is 1. The molecule has 0 saturated carbocycles. The second kappa shape index (κ2) is 12.1. The number of esters is 4. The first kappa shape index (κ1) is 25.3. The van der Waals surface area contributed by atoms with Gasteiger partial charge in [0.1, 0.15) is 18.8 Å². The minimum absolute atomic E-state index is 0.182. The SMILES string of the molecule is CCCCC(=O)N[C@@H]1C(OC(C)=O)O[C@H](COC(C)=O)[C@@H](OC(C)=O)[C@@H]1OC(C)=O. The molecule has 0 bridgehead atoms. The van der Waals surface area contributed by atoms with E-state index >= 15 is 0 Å². The molecule has 1 aliphatic heterocycles. The van der Waals surface area contributed by atoms with Crippen LogP contribution in [0.2, 0.25) is 0 Å². The van der Waals surface area contributed by atoms with Gasteiger partial charge in [-0.15, -0.1) is 0 Å². The second-order valence-corrected chi connectivity index (χ2v) is 6.80. The topological polar surface area (TPSA) is 144 Å². The van der Waals surface area contributed by atoms with E-state index in [0.717, 1.165) is 27.2 Å². The van der Waals surface area contributed by atoms with Gasteiger partial charge in [-0.3, -0.25) is 24.0 Å². The molecule has 1 heterocycles. The Bertz CT molecular complexity index is 649. The maximum absolute atomic E-state index is 12.3. The summed E-state index contributed by atoms with van der Waals surface area (Å²) in [6.07, 6.45) is -3.40. The normalized spacial score (nSPS) is 25.6. The van der Waals surface area contributed by atoms with Gasteiger partial charge in [0.15, 0.2) is 12.2 Å². The third-order valence-electron chi connectivity index (χ3n) is 4.07. The maximum atomic E-state index is 12.3. The molecule has 1 amide bonds. The molecule has 0 aliphatic carbocycles. The van der Waals surface area contributed by atoms with Gasteiger partial charge in [0, 0.05) is 34.1 Å². The number of hydrogen-bond acceptors (Lipinski definition) is 10. The van der Waals surface area contributed by atoms with Crippen LogP contribution in [0.25, 0.3) is 0 Å². The fourth-order valence-corrected chi connectivity index (χ4v) is 2.92. The van der Waals surface area contributed by atoms with Crippen molar-refractivity contribution in [3.05, 3.63) is 0 Å². The average Bonchev–Trinajstić information content (AvgIpc) is 2.62. The predicted molar refractivity (Wildman–Crippen MR) is 99.6 cm³/mol. The van der Waals surface area contributed by atoms with Crippen molar-refractivity contribution < 1.29 is 47.7 Å². The first-order valence-corrected chi connectivity index (χ1v) is 9.65. The highest BCUT2D eigenvalue weighted by molar-refractivity contribution is 5.76. The van der Waals surface area contributed by atoms with Crippen LogP contribution in [0.15, 0.2) is 0 Å². The lowest BCUT2D eigenvalue weighted by Crippen LogP contribution is -2.67. The van der Waals surface area contributed by atoms with Crippen LogP contribution in [0.5, 0.6) is 0 Å². The molecule has 30 heavy (non-hydrogen) atoms. The number of rotatable bonds is 9. The Labute approximate surface area is 174 Å². The van der Waals surface area contributed by atoms with E-state index in [9.17, 15) is 24.0 Å². The van der Waals surface area contributed by atoms with E-state index in [2.05, 4.69) is 5.32 Å². The van der Waals surface area contributed by atoms with E-state index in [0.29, 0.717) is 6.42 Å². The molecule has 11 nitrogen and oxygen atoms in total. The first-order chi connectivity index (χ1) is 14.0. The zero-order chi connectivity index (χ0) is 22.8. The van der Waals surface area contributed by atoms with Gasteiger partial charge in [0.2, 0.25) is 12.2 Å². The van der Waals surface area contributed by atoms with E-state index in [1.807, 2.05) is 6.92 Å². The lowest BCUT2D eigenvalue weighted by Gasteiger charge is -2.44. The molecule has 170 valence electrons. The van der Waals surface area contributed by atoms with Crippen molar-refractivity contribution in [2.24, 2.45) is 0 Å². The number of carbonyl (C=O) groups excluding carboxylic acids is 5. The summed E-state index contributed by atoms with van der Waals surface area (Å²) < 4.78 is 26.4. The molecule has 1 aliphatic rings. The Morgan fingerprint density at radius 2 is 1.40 bits per heavy atom. The maximum Gasteiger partial charge on any atom is 0.305 e. The van der Waals surface area contributed by atoms with Crippen molar-refractivity contribution in [1.82, 2.24) is 5.32 Å². The third-order valence-corrected chi connectivity index (χ3v) is 4.07. The summed E-state index contributed by atoms with van der Waals surface area (Å²) in [4.78, 5) is 58.5. The highest BCUT2D eigenvalue weighted by Crippen LogP contribution is 2.28. The van der Waals surface area contributed by atoms with Crippen LogP contribution in [-0.2, 0) is 47.7 Å². The lowest BCUT2D eigenvalue weighted by molar-refractivity contribution is -0.271. The number of hydrogen-bond donors (Lipinski definition) is 1. The monoisotopic (exact) mass is 431 g/mol. The molecule has 1 fully saturated rings. The van der Waals surface area contributed by atoms with Gasteiger partial charge in [-0.25, -0.2) is 0 Å². The van der Waals surface area contributed by atoms with Crippen molar-refractivity contribution in [3.63, 3.8) is 0 Å². The number of amides is 1. The van der Waals surface area contributed by atoms with Gasteiger partial charge in [0.05, 0.1) is 0 Å². The van der Waals surface area contributed by atoms with Gasteiger partial charge in [-0.1, -0.05) is 13.3 Å². The Balaban J connectivity index is 3.28. The van der Waals surface area contributed by atoms with Crippen LogP contribution in [0.4, 0.5) is 0 Å². The smallest absolute Gasteiger partial charge is 0.305 e. The van der Waals surface area contributed by atoms with Crippen LogP contribution in [0.3, 0.4) is 0 Å². The molecule has 1 N–H and O–H groups in total. The minimum Gasteiger partial charge on any atom is -0.463 e. The molecule has 0 aromatic carbocycles. The summed E-state index contributed by atoms with van der Waals surface area (Å²) in [6, 6.07) is -1.15. The summed E-state index contributed by atoms with van der Waals surface area (Å²) in [6.45, 7) is 6.14. The first-order valence-electron chi connectivity index (χ1n) is 9.65. The standard InChI is InChI=1S/C19H29NO10/c1-6-7-8-15(25)20-16-18(28-12(4)23)17(27-11(3)22)14(9-26-10(2)21)30-19(16)29-13(5)24/h14,16-19H,6-9H2,1-5H3,(H,20,25)/t14-,16+,17-,18-,19?/m1/s1. The van der Waals surface area contributed by atoms with Gasteiger partial charge in [-0.05, 0) is 6.42 Å². The zero-order valence-electron chi connectivity index (χ0n) is 17.8.